The van der Waals surface area contributed by atoms with Crippen molar-refractivity contribution in [2.75, 3.05) is 6.54 Å². The first kappa shape index (κ1) is 11.9. The molecule has 0 rings (SSSR count). The van der Waals surface area contributed by atoms with Gasteiger partial charge in [-0.05, 0) is 6.42 Å². The third kappa shape index (κ3) is 7.27. The molecule has 0 aliphatic heterocycles. The summed E-state index contributed by atoms with van der Waals surface area (Å²) >= 11 is 0. The lowest BCUT2D eigenvalue weighted by Crippen LogP contribution is -2.40. The maximum absolute atomic E-state index is 8.56. The van der Waals surface area contributed by atoms with Crippen molar-refractivity contribution in [3.05, 3.63) is 0 Å². The summed E-state index contributed by atoms with van der Waals surface area (Å²) in [6, 6.07) is 3.55. The Morgan fingerprint density at radius 3 is 2.62 bits per heavy atom. The average molecular weight is 180 g/mol. The van der Waals surface area contributed by atoms with Gasteiger partial charge in [-0.1, -0.05) is 19.8 Å². The second-order valence-electron chi connectivity index (χ2n) is 2.82. The standard InChI is InChI=1S/C9H16N4/c1-2-3-4-7-12-13-9(8-11)5-6-10/h9,12-13H,2-5,7H2,1H3. The molecule has 0 amide bonds. The zero-order valence-electron chi connectivity index (χ0n) is 8.01. The fraction of sp³-hybridized carbons (Fsp3) is 0.778. The lowest BCUT2D eigenvalue weighted by molar-refractivity contribution is 0.474. The highest BCUT2D eigenvalue weighted by molar-refractivity contribution is 4.94. The van der Waals surface area contributed by atoms with Gasteiger partial charge in [0, 0.05) is 6.54 Å². The Morgan fingerprint density at radius 1 is 1.31 bits per heavy atom. The van der Waals surface area contributed by atoms with Crippen LogP contribution in [0.2, 0.25) is 0 Å². The van der Waals surface area contributed by atoms with E-state index in [1.54, 1.807) is 0 Å². The largest absolute Gasteiger partial charge is 0.257 e. The van der Waals surface area contributed by atoms with Gasteiger partial charge in [0.15, 0.2) is 0 Å². The third-order valence-corrected chi connectivity index (χ3v) is 1.63. The number of hydrogen-bond donors (Lipinski definition) is 2. The molecule has 0 radical (unpaired) electrons. The molecule has 0 bridgehead atoms. The van der Waals surface area contributed by atoms with Crippen LogP contribution in [0.15, 0.2) is 0 Å². The van der Waals surface area contributed by atoms with Crippen molar-refractivity contribution in [1.82, 2.24) is 10.9 Å². The van der Waals surface area contributed by atoms with E-state index in [0.717, 1.165) is 13.0 Å². The fourth-order valence-electron chi connectivity index (χ4n) is 0.879. The molecule has 4 nitrogen and oxygen atoms in total. The predicted molar refractivity (Wildman–Crippen MR) is 50.3 cm³/mol. The molecule has 1 atom stereocenters. The predicted octanol–water partition coefficient (Wildman–Crippen LogP) is 1.08. The van der Waals surface area contributed by atoms with Crippen LogP contribution in [0.25, 0.3) is 0 Å². The monoisotopic (exact) mass is 180 g/mol. The maximum atomic E-state index is 8.56. The molecule has 0 aromatic carbocycles. The molecule has 0 aliphatic carbocycles. The SMILES string of the molecule is CCCCCNNC(C#N)CC#N. The van der Waals surface area contributed by atoms with Crippen LogP contribution in [0.1, 0.15) is 32.6 Å². The molecule has 0 saturated heterocycles. The third-order valence-electron chi connectivity index (χ3n) is 1.63. The minimum atomic E-state index is -0.397. The van der Waals surface area contributed by atoms with Crippen molar-refractivity contribution in [1.29, 1.82) is 10.5 Å². The first-order chi connectivity index (χ1) is 6.35. The Bertz CT molecular complexity index is 189. The second-order valence-corrected chi connectivity index (χ2v) is 2.82. The van der Waals surface area contributed by atoms with E-state index in [1.165, 1.54) is 12.8 Å². The van der Waals surface area contributed by atoms with Crippen molar-refractivity contribution in [3.63, 3.8) is 0 Å². The summed E-state index contributed by atoms with van der Waals surface area (Å²) in [4.78, 5) is 0. The molecule has 0 aromatic heterocycles. The van der Waals surface area contributed by atoms with Gasteiger partial charge in [0.1, 0.15) is 6.04 Å². The quantitative estimate of drug-likeness (QED) is 0.454. The first-order valence-corrected chi connectivity index (χ1v) is 4.60. The highest BCUT2D eigenvalue weighted by Crippen LogP contribution is 1.91. The molecule has 0 spiro atoms. The molecule has 4 heteroatoms. The summed E-state index contributed by atoms with van der Waals surface area (Å²) in [6.45, 7) is 2.98. The number of rotatable bonds is 7. The van der Waals surface area contributed by atoms with E-state index in [2.05, 4.69) is 17.8 Å². The molecule has 0 aliphatic rings. The van der Waals surface area contributed by atoms with Crippen LogP contribution < -0.4 is 10.9 Å². The van der Waals surface area contributed by atoms with E-state index in [4.69, 9.17) is 10.5 Å². The van der Waals surface area contributed by atoms with Crippen LogP contribution >= 0.6 is 0 Å². The number of unbranched alkanes of at least 4 members (excludes halogenated alkanes) is 2. The molecule has 1 unspecified atom stereocenters. The van der Waals surface area contributed by atoms with Gasteiger partial charge in [-0.15, -0.1) is 0 Å². The molecule has 2 N–H and O–H groups in total. The van der Waals surface area contributed by atoms with Gasteiger partial charge < -0.3 is 0 Å². The Kier molecular flexibility index (Phi) is 8.23. The van der Waals surface area contributed by atoms with Crippen LogP contribution in [0.4, 0.5) is 0 Å². The van der Waals surface area contributed by atoms with Gasteiger partial charge in [-0.2, -0.15) is 10.5 Å². The van der Waals surface area contributed by atoms with E-state index in [0.29, 0.717) is 0 Å². The number of nitrogens with one attached hydrogen (secondary N) is 2. The second kappa shape index (κ2) is 8.99. The topological polar surface area (TPSA) is 71.6 Å². The number of nitrogens with zero attached hydrogens (tertiary/aromatic N) is 2. The highest BCUT2D eigenvalue weighted by atomic mass is 15.4. The lowest BCUT2D eigenvalue weighted by atomic mass is 10.2. The van der Waals surface area contributed by atoms with Gasteiger partial charge in [0.25, 0.3) is 0 Å². The summed E-state index contributed by atoms with van der Waals surface area (Å²) in [7, 11) is 0. The minimum Gasteiger partial charge on any atom is -0.257 e. The van der Waals surface area contributed by atoms with Gasteiger partial charge in [-0.25, -0.2) is 5.43 Å². The van der Waals surface area contributed by atoms with Crippen molar-refractivity contribution in [2.45, 2.75) is 38.6 Å². The molecule has 0 heterocycles. The van der Waals surface area contributed by atoms with Gasteiger partial charge in [0.2, 0.25) is 0 Å². The molecular formula is C9H16N4. The van der Waals surface area contributed by atoms with E-state index in [-0.39, 0.29) is 6.42 Å². The van der Waals surface area contributed by atoms with E-state index in [1.807, 2.05) is 12.1 Å². The minimum absolute atomic E-state index is 0.220. The summed E-state index contributed by atoms with van der Waals surface area (Å²) in [5.74, 6) is 0. The number of nitriles is 2. The van der Waals surface area contributed by atoms with Crippen molar-refractivity contribution in [3.8, 4) is 12.1 Å². The van der Waals surface area contributed by atoms with Gasteiger partial charge in [-0.3, -0.25) is 5.43 Å². The summed E-state index contributed by atoms with van der Waals surface area (Å²) in [5.41, 5.74) is 5.73. The Labute approximate surface area is 79.5 Å². The van der Waals surface area contributed by atoms with Crippen LogP contribution in [-0.2, 0) is 0 Å². The van der Waals surface area contributed by atoms with Gasteiger partial charge in [0.05, 0.1) is 18.6 Å². The molecular weight excluding hydrogens is 164 g/mol. The first-order valence-electron chi connectivity index (χ1n) is 4.60. The van der Waals surface area contributed by atoms with Crippen LogP contribution in [0, 0.1) is 22.7 Å². The Hall–Kier alpha value is -1.10. The summed E-state index contributed by atoms with van der Waals surface area (Å²) in [5, 5.41) is 16.9. The fourth-order valence-corrected chi connectivity index (χ4v) is 0.879. The van der Waals surface area contributed by atoms with Crippen LogP contribution in [-0.4, -0.2) is 12.6 Å². The molecule has 13 heavy (non-hydrogen) atoms. The Balaban J connectivity index is 3.30. The smallest absolute Gasteiger partial charge is 0.121 e. The van der Waals surface area contributed by atoms with Crippen molar-refractivity contribution in [2.24, 2.45) is 0 Å². The summed E-state index contributed by atoms with van der Waals surface area (Å²) < 4.78 is 0. The van der Waals surface area contributed by atoms with E-state index < -0.39 is 6.04 Å². The normalized spacial score (nSPS) is 11.6. The van der Waals surface area contributed by atoms with Crippen molar-refractivity contribution < 1.29 is 0 Å². The van der Waals surface area contributed by atoms with E-state index in [9.17, 15) is 0 Å². The van der Waals surface area contributed by atoms with Crippen LogP contribution in [0.3, 0.4) is 0 Å². The molecule has 0 aromatic rings. The molecule has 0 fully saturated rings. The highest BCUT2D eigenvalue weighted by Gasteiger charge is 2.03. The number of hydrogen-bond acceptors (Lipinski definition) is 4. The average Bonchev–Trinajstić information content (AvgIpc) is 2.16. The van der Waals surface area contributed by atoms with Crippen LogP contribution in [0.5, 0.6) is 0 Å². The van der Waals surface area contributed by atoms with Crippen molar-refractivity contribution >= 4 is 0 Å². The Morgan fingerprint density at radius 2 is 2.08 bits per heavy atom. The van der Waals surface area contributed by atoms with E-state index >= 15 is 0 Å². The molecule has 72 valence electrons. The number of hydrazine groups is 1. The summed E-state index contributed by atoms with van der Waals surface area (Å²) in [6.07, 6.45) is 3.68. The molecule has 0 saturated carbocycles. The lowest BCUT2D eigenvalue weighted by Gasteiger charge is -2.08. The zero-order valence-corrected chi connectivity index (χ0v) is 8.01. The van der Waals surface area contributed by atoms with Gasteiger partial charge >= 0.3 is 0 Å². The maximum Gasteiger partial charge on any atom is 0.121 e. The zero-order chi connectivity index (χ0) is 9.94.